The van der Waals surface area contributed by atoms with Crippen LogP contribution in [0.4, 0.5) is 0 Å². The SMILES string of the molecule is CC1CCN(S(=O)(=O)c2cc(CO)n(C)c2)C(C)C1. The molecule has 1 aliphatic heterocycles. The van der Waals surface area contributed by atoms with Gasteiger partial charge in [-0.3, -0.25) is 0 Å². The number of rotatable bonds is 3. The Hall–Kier alpha value is -0.850. The molecule has 1 N–H and O–H groups in total. The molecule has 1 aliphatic rings. The van der Waals surface area contributed by atoms with Gasteiger partial charge in [0, 0.05) is 31.5 Å². The van der Waals surface area contributed by atoms with Crippen LogP contribution in [0.25, 0.3) is 0 Å². The van der Waals surface area contributed by atoms with Crippen molar-refractivity contribution in [2.45, 2.75) is 44.2 Å². The van der Waals surface area contributed by atoms with E-state index in [9.17, 15) is 8.42 Å². The van der Waals surface area contributed by atoms with E-state index in [0.29, 0.717) is 18.2 Å². The number of sulfonamides is 1. The van der Waals surface area contributed by atoms with Crippen molar-refractivity contribution in [2.24, 2.45) is 13.0 Å². The highest BCUT2D eigenvalue weighted by atomic mass is 32.2. The molecule has 6 heteroatoms. The summed E-state index contributed by atoms with van der Waals surface area (Å²) in [6.07, 6.45) is 3.38. The number of hydrogen-bond donors (Lipinski definition) is 1. The fourth-order valence-corrected chi connectivity index (χ4v) is 4.51. The highest BCUT2D eigenvalue weighted by Crippen LogP contribution is 2.28. The van der Waals surface area contributed by atoms with Gasteiger partial charge in [-0.1, -0.05) is 6.92 Å². The predicted molar refractivity (Wildman–Crippen MR) is 73.1 cm³/mol. The Morgan fingerprint density at radius 2 is 2.11 bits per heavy atom. The fraction of sp³-hybridized carbons (Fsp3) is 0.692. The number of nitrogens with zero attached hydrogens (tertiary/aromatic N) is 2. The summed E-state index contributed by atoms with van der Waals surface area (Å²) in [6.45, 7) is 4.54. The zero-order chi connectivity index (χ0) is 14.2. The molecule has 2 rings (SSSR count). The lowest BCUT2D eigenvalue weighted by Crippen LogP contribution is -2.43. The number of aromatic nitrogens is 1. The summed E-state index contributed by atoms with van der Waals surface area (Å²) in [5, 5.41) is 9.17. The van der Waals surface area contributed by atoms with Crippen LogP contribution < -0.4 is 0 Å². The van der Waals surface area contributed by atoms with Crippen LogP contribution in [0.3, 0.4) is 0 Å². The molecule has 2 unspecified atom stereocenters. The molecule has 2 heterocycles. The van der Waals surface area contributed by atoms with Gasteiger partial charge in [0.25, 0.3) is 0 Å². The van der Waals surface area contributed by atoms with Gasteiger partial charge in [0.15, 0.2) is 0 Å². The Bertz CT molecular complexity index is 550. The molecule has 0 aliphatic carbocycles. The molecular weight excluding hydrogens is 264 g/mol. The van der Waals surface area contributed by atoms with Crippen molar-refractivity contribution in [1.29, 1.82) is 0 Å². The summed E-state index contributed by atoms with van der Waals surface area (Å²) < 4.78 is 28.5. The molecule has 0 aromatic carbocycles. The standard InChI is InChI=1S/C13H22N2O3S/c1-10-4-5-15(11(2)6-10)19(17,18)13-7-12(9-16)14(3)8-13/h7-8,10-11,16H,4-6,9H2,1-3H3. The summed E-state index contributed by atoms with van der Waals surface area (Å²) in [5.74, 6) is 0.574. The number of aliphatic hydroxyl groups excluding tert-OH is 1. The Kier molecular flexibility index (Phi) is 4.03. The van der Waals surface area contributed by atoms with Crippen LogP contribution in [0.5, 0.6) is 0 Å². The van der Waals surface area contributed by atoms with Gasteiger partial charge in [0.2, 0.25) is 10.0 Å². The molecule has 108 valence electrons. The maximum Gasteiger partial charge on any atom is 0.244 e. The quantitative estimate of drug-likeness (QED) is 0.911. The number of piperidine rings is 1. The Morgan fingerprint density at radius 3 is 2.63 bits per heavy atom. The Balaban J connectivity index is 2.31. The van der Waals surface area contributed by atoms with Crippen LogP contribution in [0.1, 0.15) is 32.4 Å². The van der Waals surface area contributed by atoms with Gasteiger partial charge in [-0.2, -0.15) is 4.31 Å². The maximum atomic E-state index is 12.6. The molecule has 2 atom stereocenters. The summed E-state index contributed by atoms with van der Waals surface area (Å²) in [4.78, 5) is 0.278. The second-order valence-electron chi connectivity index (χ2n) is 5.53. The van der Waals surface area contributed by atoms with Crippen LogP contribution in [0.15, 0.2) is 17.2 Å². The van der Waals surface area contributed by atoms with E-state index in [0.717, 1.165) is 12.8 Å². The molecule has 1 aromatic heterocycles. The highest BCUT2D eigenvalue weighted by molar-refractivity contribution is 7.89. The molecule has 0 saturated carbocycles. The van der Waals surface area contributed by atoms with Crippen LogP contribution in [0.2, 0.25) is 0 Å². The first kappa shape index (κ1) is 14.6. The molecule has 0 spiro atoms. The third-order valence-electron chi connectivity index (χ3n) is 3.93. The van der Waals surface area contributed by atoms with E-state index >= 15 is 0 Å². The molecule has 1 aromatic rings. The first-order valence-electron chi connectivity index (χ1n) is 6.64. The second-order valence-corrected chi connectivity index (χ2v) is 7.42. The smallest absolute Gasteiger partial charge is 0.244 e. The normalized spacial score (nSPS) is 25.7. The van der Waals surface area contributed by atoms with Crippen molar-refractivity contribution >= 4 is 10.0 Å². The summed E-state index contributed by atoms with van der Waals surface area (Å²) in [7, 11) is -1.70. The van der Waals surface area contributed by atoms with Gasteiger partial charge in [-0.15, -0.1) is 0 Å². The van der Waals surface area contributed by atoms with Gasteiger partial charge < -0.3 is 9.67 Å². The van der Waals surface area contributed by atoms with Crippen LogP contribution in [-0.2, 0) is 23.7 Å². The number of hydrogen-bond acceptors (Lipinski definition) is 3. The van der Waals surface area contributed by atoms with Crippen molar-refractivity contribution in [3.8, 4) is 0 Å². The van der Waals surface area contributed by atoms with E-state index in [1.54, 1.807) is 28.2 Å². The largest absolute Gasteiger partial charge is 0.390 e. The van der Waals surface area contributed by atoms with Crippen molar-refractivity contribution in [1.82, 2.24) is 8.87 Å². The van der Waals surface area contributed by atoms with Gasteiger partial charge in [-0.25, -0.2) is 8.42 Å². The van der Waals surface area contributed by atoms with Crippen molar-refractivity contribution < 1.29 is 13.5 Å². The van der Waals surface area contributed by atoms with Gasteiger partial charge in [0.05, 0.1) is 6.61 Å². The molecule has 0 radical (unpaired) electrons. The average Bonchev–Trinajstić information content (AvgIpc) is 2.70. The van der Waals surface area contributed by atoms with Crippen molar-refractivity contribution in [2.75, 3.05) is 6.54 Å². The first-order valence-corrected chi connectivity index (χ1v) is 8.08. The zero-order valence-electron chi connectivity index (χ0n) is 11.7. The molecule has 5 nitrogen and oxygen atoms in total. The van der Waals surface area contributed by atoms with Crippen LogP contribution >= 0.6 is 0 Å². The maximum absolute atomic E-state index is 12.6. The van der Waals surface area contributed by atoms with Gasteiger partial charge in [-0.05, 0) is 31.7 Å². The summed E-state index contributed by atoms with van der Waals surface area (Å²) in [5.41, 5.74) is 0.608. The van der Waals surface area contributed by atoms with E-state index in [1.165, 1.54) is 0 Å². The predicted octanol–water partition coefficient (Wildman–Crippen LogP) is 1.33. The topological polar surface area (TPSA) is 62.5 Å². The monoisotopic (exact) mass is 286 g/mol. The molecule has 0 bridgehead atoms. The third-order valence-corrected chi connectivity index (χ3v) is 5.91. The minimum absolute atomic E-state index is 0.0338. The van der Waals surface area contributed by atoms with Crippen molar-refractivity contribution in [3.63, 3.8) is 0 Å². The van der Waals surface area contributed by atoms with E-state index < -0.39 is 10.0 Å². The third kappa shape index (κ3) is 2.70. The molecule has 1 saturated heterocycles. The lowest BCUT2D eigenvalue weighted by Gasteiger charge is -2.35. The number of aryl methyl sites for hydroxylation is 1. The Morgan fingerprint density at radius 1 is 1.42 bits per heavy atom. The summed E-state index contributed by atoms with van der Waals surface area (Å²) >= 11 is 0. The molecular formula is C13H22N2O3S. The minimum atomic E-state index is -3.45. The number of aliphatic hydroxyl groups is 1. The van der Waals surface area contributed by atoms with Crippen LogP contribution in [0, 0.1) is 5.92 Å². The fourth-order valence-electron chi connectivity index (χ4n) is 2.75. The molecule has 1 fully saturated rings. The van der Waals surface area contributed by atoms with E-state index in [2.05, 4.69) is 6.92 Å². The van der Waals surface area contributed by atoms with Crippen molar-refractivity contribution in [3.05, 3.63) is 18.0 Å². The molecule has 0 amide bonds. The zero-order valence-corrected chi connectivity index (χ0v) is 12.5. The van der Waals surface area contributed by atoms with E-state index in [4.69, 9.17) is 5.11 Å². The summed E-state index contributed by atoms with van der Waals surface area (Å²) in [6, 6.07) is 1.59. The second kappa shape index (κ2) is 5.26. The molecule has 19 heavy (non-hydrogen) atoms. The van der Waals surface area contributed by atoms with Crippen LogP contribution in [-0.4, -0.2) is 35.0 Å². The highest BCUT2D eigenvalue weighted by Gasteiger charge is 2.33. The lowest BCUT2D eigenvalue weighted by atomic mass is 9.95. The van der Waals surface area contributed by atoms with Gasteiger partial charge in [0.1, 0.15) is 4.90 Å². The van der Waals surface area contributed by atoms with E-state index in [-0.39, 0.29) is 17.5 Å². The first-order chi connectivity index (χ1) is 8.86. The average molecular weight is 286 g/mol. The minimum Gasteiger partial charge on any atom is -0.390 e. The van der Waals surface area contributed by atoms with E-state index in [1.807, 2.05) is 6.92 Å². The lowest BCUT2D eigenvalue weighted by molar-refractivity contribution is 0.220. The Labute approximate surface area is 114 Å². The van der Waals surface area contributed by atoms with Gasteiger partial charge >= 0.3 is 0 Å².